The van der Waals surface area contributed by atoms with Crippen molar-refractivity contribution in [2.75, 3.05) is 0 Å². The van der Waals surface area contributed by atoms with Crippen LogP contribution in [-0.4, -0.2) is 18.4 Å². The van der Waals surface area contributed by atoms with Crippen molar-refractivity contribution in [1.29, 1.82) is 0 Å². The molecule has 2 aromatic rings. The van der Waals surface area contributed by atoms with Gasteiger partial charge in [0.25, 0.3) is 0 Å². The van der Waals surface area contributed by atoms with Gasteiger partial charge < -0.3 is 0 Å². The molecule has 0 amide bonds. The van der Waals surface area contributed by atoms with Gasteiger partial charge in [-0.2, -0.15) is 0 Å². The van der Waals surface area contributed by atoms with E-state index in [0.29, 0.717) is 5.69 Å². The first kappa shape index (κ1) is 10.8. The predicted octanol–water partition coefficient (Wildman–Crippen LogP) is 1.45. The lowest BCUT2D eigenvalue weighted by Crippen LogP contribution is -2.07. The Morgan fingerprint density at radius 1 is 0.938 bits per heavy atom. The number of sulfone groups is 1. The van der Waals surface area contributed by atoms with Gasteiger partial charge in [0, 0.05) is 12.4 Å². The Labute approximate surface area is 93.9 Å². The molecule has 0 aliphatic carbocycles. The summed E-state index contributed by atoms with van der Waals surface area (Å²) in [6.45, 7) is 0. The molecule has 0 radical (unpaired) electrons. The lowest BCUT2D eigenvalue weighted by molar-refractivity contribution is 0.591. The molecule has 0 N–H and O–H groups in total. The van der Waals surface area contributed by atoms with E-state index in [9.17, 15) is 8.42 Å². The number of nitrogens with zero attached hydrogens (tertiary/aromatic N) is 2. The fourth-order valence-electron chi connectivity index (χ4n) is 1.28. The second kappa shape index (κ2) is 4.40. The minimum absolute atomic E-state index is 0.0839. The van der Waals surface area contributed by atoms with Crippen molar-refractivity contribution < 1.29 is 8.42 Å². The molecule has 0 aromatic carbocycles. The van der Waals surface area contributed by atoms with Gasteiger partial charge in [-0.3, -0.25) is 4.98 Å². The topological polar surface area (TPSA) is 59.9 Å². The Bertz CT molecular complexity index is 553. The molecule has 0 saturated heterocycles. The average Bonchev–Trinajstić information content (AvgIpc) is 2.31. The highest BCUT2D eigenvalue weighted by molar-refractivity contribution is 7.90. The first-order chi connectivity index (χ1) is 7.68. The predicted molar refractivity (Wildman–Crippen MR) is 59.4 cm³/mol. The van der Waals surface area contributed by atoms with Crippen LogP contribution in [0, 0.1) is 0 Å². The summed E-state index contributed by atoms with van der Waals surface area (Å²) >= 11 is 0. The number of aromatic nitrogens is 2. The zero-order valence-corrected chi connectivity index (χ0v) is 9.26. The minimum atomic E-state index is -3.39. The molecule has 0 spiro atoms. The van der Waals surface area contributed by atoms with E-state index >= 15 is 0 Å². The maximum Gasteiger partial charge on any atom is 0.201 e. The lowest BCUT2D eigenvalue weighted by Gasteiger charge is -2.02. The number of rotatable bonds is 3. The average molecular weight is 234 g/mol. The summed E-state index contributed by atoms with van der Waals surface area (Å²) in [5, 5.41) is 0.0839. The van der Waals surface area contributed by atoms with Crippen LogP contribution in [0.4, 0.5) is 0 Å². The van der Waals surface area contributed by atoms with E-state index < -0.39 is 9.84 Å². The molecular formula is C11H10N2O2S. The molecular weight excluding hydrogens is 224 g/mol. The highest BCUT2D eigenvalue weighted by Gasteiger charge is 2.16. The van der Waals surface area contributed by atoms with Crippen LogP contribution in [0.1, 0.15) is 5.69 Å². The highest BCUT2D eigenvalue weighted by atomic mass is 32.2. The molecule has 4 nitrogen and oxygen atoms in total. The van der Waals surface area contributed by atoms with Crippen LogP contribution in [0.2, 0.25) is 0 Å². The fraction of sp³-hybridized carbons (Fsp3) is 0.0909. The highest BCUT2D eigenvalue weighted by Crippen LogP contribution is 2.11. The van der Waals surface area contributed by atoms with Crippen molar-refractivity contribution in [3.05, 3.63) is 54.5 Å². The summed E-state index contributed by atoms with van der Waals surface area (Å²) in [4.78, 5) is 7.81. The van der Waals surface area contributed by atoms with Crippen molar-refractivity contribution >= 4 is 9.84 Å². The second-order valence-electron chi connectivity index (χ2n) is 3.25. The third-order valence-corrected chi connectivity index (χ3v) is 3.58. The summed E-state index contributed by atoms with van der Waals surface area (Å²) in [5.41, 5.74) is 0.521. The van der Waals surface area contributed by atoms with Crippen LogP contribution in [0.15, 0.2) is 53.8 Å². The molecule has 0 aliphatic heterocycles. The summed E-state index contributed by atoms with van der Waals surface area (Å²) in [7, 11) is -3.39. The second-order valence-corrected chi connectivity index (χ2v) is 5.18. The summed E-state index contributed by atoms with van der Waals surface area (Å²) in [5.74, 6) is -0.120. The number of hydrogen-bond acceptors (Lipinski definition) is 4. The molecule has 0 fully saturated rings. The summed E-state index contributed by atoms with van der Waals surface area (Å²) in [6.07, 6.45) is 3.04. The van der Waals surface area contributed by atoms with Gasteiger partial charge in [-0.05, 0) is 24.3 Å². The van der Waals surface area contributed by atoms with Crippen LogP contribution in [0.5, 0.6) is 0 Å². The first-order valence-electron chi connectivity index (χ1n) is 4.72. The van der Waals surface area contributed by atoms with E-state index in [4.69, 9.17) is 0 Å². The number of hydrogen-bond donors (Lipinski definition) is 0. The maximum atomic E-state index is 11.9. The van der Waals surface area contributed by atoms with E-state index in [1.54, 1.807) is 36.5 Å². The SMILES string of the molecule is O=S(=O)(Cc1ccccn1)c1ccccn1. The summed E-state index contributed by atoms with van der Waals surface area (Å²) in [6, 6.07) is 10.0. The first-order valence-corrected chi connectivity index (χ1v) is 6.37. The van der Waals surface area contributed by atoms with Gasteiger partial charge in [-0.25, -0.2) is 13.4 Å². The quantitative estimate of drug-likeness (QED) is 0.806. The standard InChI is InChI=1S/C11H10N2O2S/c14-16(15,11-6-2-4-8-13-11)9-10-5-1-3-7-12-10/h1-8H,9H2. The van der Waals surface area contributed by atoms with Crippen molar-refractivity contribution in [3.8, 4) is 0 Å². The zero-order valence-electron chi connectivity index (χ0n) is 8.45. The van der Waals surface area contributed by atoms with Crippen LogP contribution >= 0.6 is 0 Å². The van der Waals surface area contributed by atoms with Gasteiger partial charge >= 0.3 is 0 Å². The molecule has 0 atom stereocenters. The molecule has 2 aromatic heterocycles. The smallest absolute Gasteiger partial charge is 0.201 e. The van der Waals surface area contributed by atoms with Gasteiger partial charge in [0.15, 0.2) is 5.03 Å². The molecule has 2 rings (SSSR count). The van der Waals surface area contributed by atoms with Gasteiger partial charge in [-0.1, -0.05) is 12.1 Å². The third kappa shape index (κ3) is 2.43. The van der Waals surface area contributed by atoms with Gasteiger partial charge in [-0.15, -0.1) is 0 Å². The molecule has 5 heteroatoms. The normalized spacial score (nSPS) is 11.2. The Kier molecular flexibility index (Phi) is 2.96. The van der Waals surface area contributed by atoms with E-state index in [-0.39, 0.29) is 10.8 Å². The van der Waals surface area contributed by atoms with E-state index in [0.717, 1.165) is 0 Å². The maximum absolute atomic E-state index is 11.9. The van der Waals surface area contributed by atoms with Crippen LogP contribution in [-0.2, 0) is 15.6 Å². The molecule has 2 heterocycles. The zero-order chi connectivity index (χ0) is 11.4. The minimum Gasteiger partial charge on any atom is -0.260 e. The van der Waals surface area contributed by atoms with Gasteiger partial charge in [0.05, 0.1) is 11.4 Å². The number of pyridine rings is 2. The van der Waals surface area contributed by atoms with Crippen molar-refractivity contribution in [1.82, 2.24) is 9.97 Å². The Hall–Kier alpha value is -1.75. The van der Waals surface area contributed by atoms with Crippen molar-refractivity contribution in [2.45, 2.75) is 10.8 Å². The molecule has 0 bridgehead atoms. The molecule has 0 saturated carbocycles. The third-order valence-electron chi connectivity index (χ3n) is 2.02. The van der Waals surface area contributed by atoms with Crippen molar-refractivity contribution in [2.24, 2.45) is 0 Å². The van der Waals surface area contributed by atoms with E-state index in [1.165, 1.54) is 12.3 Å². The fourth-order valence-corrected chi connectivity index (χ4v) is 2.50. The summed E-state index contributed by atoms with van der Waals surface area (Å²) < 4.78 is 23.8. The van der Waals surface area contributed by atoms with Gasteiger partial charge in [0.2, 0.25) is 9.84 Å². The van der Waals surface area contributed by atoms with Crippen LogP contribution < -0.4 is 0 Å². The monoisotopic (exact) mass is 234 g/mol. The largest absolute Gasteiger partial charge is 0.260 e. The Morgan fingerprint density at radius 3 is 2.19 bits per heavy atom. The van der Waals surface area contributed by atoms with E-state index in [1.807, 2.05) is 0 Å². The molecule has 82 valence electrons. The Morgan fingerprint density at radius 2 is 1.62 bits per heavy atom. The molecule has 16 heavy (non-hydrogen) atoms. The molecule has 0 aliphatic rings. The van der Waals surface area contributed by atoms with Crippen LogP contribution in [0.3, 0.4) is 0 Å². The van der Waals surface area contributed by atoms with Crippen molar-refractivity contribution in [3.63, 3.8) is 0 Å². The van der Waals surface area contributed by atoms with E-state index in [2.05, 4.69) is 9.97 Å². The molecule has 0 unspecified atom stereocenters. The lowest BCUT2D eigenvalue weighted by atomic mass is 10.4. The van der Waals surface area contributed by atoms with Crippen LogP contribution in [0.25, 0.3) is 0 Å². The van der Waals surface area contributed by atoms with Gasteiger partial charge in [0.1, 0.15) is 0 Å². The Balaban J connectivity index is 2.29.